The molecule has 0 amide bonds. The van der Waals surface area contributed by atoms with Gasteiger partial charge in [-0.05, 0) is 58.6 Å². The topological polar surface area (TPSA) is 79.2 Å². The lowest BCUT2D eigenvalue weighted by atomic mass is 9.88. The number of hydrogen-bond donors (Lipinski definition) is 1. The van der Waals surface area contributed by atoms with Crippen molar-refractivity contribution in [3.8, 4) is 11.8 Å². The average Bonchev–Trinajstić information content (AvgIpc) is 3.26. The van der Waals surface area contributed by atoms with Crippen LogP contribution in [0.1, 0.15) is 17.0 Å². The minimum Gasteiger partial charge on any atom is -0.497 e. The van der Waals surface area contributed by atoms with Crippen LogP contribution in [0.5, 0.6) is 5.75 Å². The van der Waals surface area contributed by atoms with E-state index < -0.39 is 16.1 Å². The Morgan fingerprint density at radius 2 is 1.82 bits per heavy atom. The van der Waals surface area contributed by atoms with Crippen molar-refractivity contribution in [2.24, 2.45) is 0 Å². The van der Waals surface area contributed by atoms with Crippen LogP contribution in [0, 0.1) is 11.3 Å². The zero-order valence-electron chi connectivity index (χ0n) is 15.3. The highest BCUT2D eigenvalue weighted by Crippen LogP contribution is 2.28. The molecular weight excluding hydrogens is 392 g/mol. The summed E-state index contributed by atoms with van der Waals surface area (Å²) in [5.41, 5.74) is 1.99. The highest BCUT2D eigenvalue weighted by Gasteiger charge is 2.29. The molecule has 0 radical (unpaired) electrons. The quantitative estimate of drug-likeness (QED) is 0.607. The van der Waals surface area contributed by atoms with Gasteiger partial charge in [0.2, 0.25) is 10.0 Å². The Labute approximate surface area is 169 Å². The Morgan fingerprint density at radius 3 is 2.39 bits per heavy atom. The fourth-order valence-corrected chi connectivity index (χ4v) is 4.88. The summed E-state index contributed by atoms with van der Waals surface area (Å²) in [6, 6.07) is 19.0. The first-order valence-corrected chi connectivity index (χ1v) is 11.1. The van der Waals surface area contributed by atoms with Crippen molar-refractivity contribution >= 4 is 21.4 Å². The first-order chi connectivity index (χ1) is 13.5. The molecule has 1 N–H and O–H groups in total. The van der Waals surface area contributed by atoms with E-state index in [0.717, 1.165) is 11.1 Å². The minimum atomic E-state index is -3.85. The van der Waals surface area contributed by atoms with Gasteiger partial charge in [0.25, 0.3) is 0 Å². The zero-order chi connectivity index (χ0) is 20.0. The van der Waals surface area contributed by atoms with E-state index in [1.165, 1.54) is 30.6 Å². The molecular formula is C21H20N2O3S2. The maximum atomic E-state index is 12.8. The van der Waals surface area contributed by atoms with Gasteiger partial charge in [0.1, 0.15) is 11.8 Å². The number of ether oxygens (including phenoxy) is 1. The lowest BCUT2D eigenvalue weighted by molar-refractivity contribution is 0.414. The zero-order valence-corrected chi connectivity index (χ0v) is 16.9. The monoisotopic (exact) mass is 412 g/mol. The number of hydrogen-bond acceptors (Lipinski definition) is 5. The summed E-state index contributed by atoms with van der Waals surface area (Å²) < 4.78 is 33.3. The summed E-state index contributed by atoms with van der Waals surface area (Å²) >= 11 is 1.52. The fourth-order valence-electron chi connectivity index (χ4n) is 2.97. The number of rotatable bonds is 8. The molecule has 2 atom stereocenters. The van der Waals surface area contributed by atoms with E-state index in [9.17, 15) is 13.7 Å². The van der Waals surface area contributed by atoms with Crippen LogP contribution in [-0.4, -0.2) is 21.6 Å². The lowest BCUT2D eigenvalue weighted by Gasteiger charge is -2.22. The van der Waals surface area contributed by atoms with E-state index in [0.29, 0.717) is 12.2 Å². The Hall–Kier alpha value is -2.66. The van der Waals surface area contributed by atoms with Crippen LogP contribution in [-0.2, 0) is 16.4 Å². The average molecular weight is 413 g/mol. The van der Waals surface area contributed by atoms with Gasteiger partial charge >= 0.3 is 0 Å². The predicted molar refractivity (Wildman–Crippen MR) is 110 cm³/mol. The predicted octanol–water partition coefficient (Wildman–Crippen LogP) is 3.95. The molecule has 2 aromatic carbocycles. The smallest absolute Gasteiger partial charge is 0.241 e. The van der Waals surface area contributed by atoms with Gasteiger partial charge in [0, 0.05) is 5.92 Å². The van der Waals surface area contributed by atoms with Gasteiger partial charge in [-0.2, -0.15) is 21.3 Å². The van der Waals surface area contributed by atoms with Gasteiger partial charge in [-0.15, -0.1) is 0 Å². The lowest BCUT2D eigenvalue weighted by Crippen LogP contribution is -2.39. The van der Waals surface area contributed by atoms with Crippen molar-refractivity contribution in [1.82, 2.24) is 4.72 Å². The van der Waals surface area contributed by atoms with E-state index in [2.05, 4.69) is 10.8 Å². The maximum Gasteiger partial charge on any atom is 0.241 e. The van der Waals surface area contributed by atoms with E-state index >= 15 is 0 Å². The largest absolute Gasteiger partial charge is 0.497 e. The Kier molecular flexibility index (Phi) is 6.47. The van der Waals surface area contributed by atoms with Gasteiger partial charge in [-0.3, -0.25) is 0 Å². The molecule has 0 fully saturated rings. The molecule has 5 nitrogen and oxygen atoms in total. The Balaban J connectivity index is 1.88. The summed E-state index contributed by atoms with van der Waals surface area (Å²) in [6.45, 7) is 0. The van der Waals surface area contributed by atoms with Gasteiger partial charge in [0.05, 0.1) is 18.1 Å². The van der Waals surface area contributed by atoms with Crippen LogP contribution in [0.15, 0.2) is 76.3 Å². The number of nitriles is 1. The summed E-state index contributed by atoms with van der Waals surface area (Å²) in [6.07, 6.45) is 0.556. The molecule has 0 aliphatic carbocycles. The first kappa shape index (κ1) is 20.1. The van der Waals surface area contributed by atoms with Crippen molar-refractivity contribution in [1.29, 1.82) is 5.26 Å². The second-order valence-electron chi connectivity index (χ2n) is 6.26. The first-order valence-electron chi connectivity index (χ1n) is 8.65. The molecule has 7 heteroatoms. The second-order valence-corrected chi connectivity index (χ2v) is 8.75. The molecule has 1 heterocycles. The van der Waals surface area contributed by atoms with Crippen molar-refractivity contribution in [2.75, 3.05) is 7.11 Å². The molecule has 0 saturated carbocycles. The molecule has 1 aromatic heterocycles. The number of nitrogens with zero attached hydrogens (tertiary/aromatic N) is 1. The van der Waals surface area contributed by atoms with Gasteiger partial charge in [-0.1, -0.05) is 30.3 Å². The number of benzene rings is 2. The summed E-state index contributed by atoms with van der Waals surface area (Å²) in [5.74, 6) is 0.266. The third-order valence-corrected chi connectivity index (χ3v) is 6.62. The van der Waals surface area contributed by atoms with Gasteiger partial charge < -0.3 is 4.74 Å². The highest BCUT2D eigenvalue weighted by atomic mass is 32.2. The van der Waals surface area contributed by atoms with Crippen LogP contribution in [0.3, 0.4) is 0 Å². The van der Waals surface area contributed by atoms with Gasteiger partial charge in [0.15, 0.2) is 0 Å². The number of sulfonamides is 1. The van der Waals surface area contributed by atoms with Crippen molar-refractivity contribution in [3.05, 3.63) is 82.6 Å². The number of methoxy groups -OCH3 is 1. The molecule has 0 bridgehead atoms. The normalized spacial score (nSPS) is 13.4. The third kappa shape index (κ3) is 4.78. The summed E-state index contributed by atoms with van der Waals surface area (Å²) in [4.78, 5) is 0.0947. The van der Waals surface area contributed by atoms with E-state index in [-0.39, 0.29) is 10.8 Å². The SMILES string of the molecule is COc1ccc(S(=O)(=O)NC(C#N)C(Cc2ccccc2)c2ccsc2)cc1. The number of nitrogens with one attached hydrogen (secondary N) is 1. The van der Waals surface area contributed by atoms with Crippen LogP contribution >= 0.6 is 11.3 Å². The molecule has 2 unspecified atom stereocenters. The standard InChI is InChI=1S/C21H20N2O3S2/c1-26-18-7-9-19(10-8-18)28(24,25)23-21(14-22)20(17-11-12-27-15-17)13-16-5-3-2-4-6-16/h2-12,15,20-21,23H,13H2,1H3. The van der Waals surface area contributed by atoms with Crippen LogP contribution in [0.25, 0.3) is 0 Å². The molecule has 3 rings (SSSR count). The maximum absolute atomic E-state index is 12.8. The van der Waals surface area contributed by atoms with Gasteiger partial charge in [-0.25, -0.2) is 8.42 Å². The van der Waals surface area contributed by atoms with E-state index in [4.69, 9.17) is 4.74 Å². The molecule has 3 aromatic rings. The van der Waals surface area contributed by atoms with Crippen LogP contribution in [0.4, 0.5) is 0 Å². The minimum absolute atomic E-state index is 0.0947. The second kappa shape index (κ2) is 9.02. The summed E-state index contributed by atoms with van der Waals surface area (Å²) in [5, 5.41) is 13.7. The highest BCUT2D eigenvalue weighted by molar-refractivity contribution is 7.89. The molecule has 0 spiro atoms. The van der Waals surface area contributed by atoms with Crippen molar-refractivity contribution < 1.29 is 13.2 Å². The molecule has 0 aliphatic heterocycles. The molecule has 0 aliphatic rings. The van der Waals surface area contributed by atoms with Crippen molar-refractivity contribution in [3.63, 3.8) is 0 Å². The Bertz CT molecular complexity index is 1030. The fraction of sp³-hybridized carbons (Fsp3) is 0.190. The van der Waals surface area contributed by atoms with Crippen LogP contribution < -0.4 is 9.46 Å². The van der Waals surface area contributed by atoms with E-state index in [1.807, 2.05) is 47.2 Å². The number of thiophene rings is 1. The Morgan fingerprint density at radius 1 is 1.11 bits per heavy atom. The summed E-state index contributed by atoms with van der Waals surface area (Å²) in [7, 11) is -2.33. The molecule has 144 valence electrons. The third-order valence-electron chi connectivity index (χ3n) is 4.46. The van der Waals surface area contributed by atoms with Crippen LogP contribution in [0.2, 0.25) is 0 Å². The molecule has 0 saturated heterocycles. The van der Waals surface area contributed by atoms with E-state index in [1.54, 1.807) is 12.1 Å². The van der Waals surface area contributed by atoms with Crippen molar-refractivity contribution in [2.45, 2.75) is 23.3 Å². The molecule has 28 heavy (non-hydrogen) atoms.